The van der Waals surface area contributed by atoms with Crippen LogP contribution in [0.1, 0.15) is 6.92 Å². The summed E-state index contributed by atoms with van der Waals surface area (Å²) in [6, 6.07) is 14.8. The molecular formula is C17H19NO4. The minimum absolute atomic E-state index is 0.354. The third kappa shape index (κ3) is 4.70. The molecule has 0 unspecified atom stereocenters. The maximum atomic E-state index is 5.79. The average Bonchev–Trinajstić information content (AvgIpc) is 2.57. The predicted octanol–water partition coefficient (Wildman–Crippen LogP) is 3.89. The molecule has 0 aliphatic heterocycles. The second-order valence-electron chi connectivity index (χ2n) is 4.24. The molecule has 22 heavy (non-hydrogen) atoms. The van der Waals surface area contributed by atoms with Gasteiger partial charge in [-0.1, -0.05) is 17.3 Å². The molecule has 0 aliphatic carbocycles. The molecule has 0 aromatic heterocycles. The fourth-order valence-corrected chi connectivity index (χ4v) is 1.73. The molecule has 0 radical (unpaired) electrons. The molecule has 0 fully saturated rings. The molecule has 0 saturated heterocycles. The highest BCUT2D eigenvalue weighted by molar-refractivity contribution is 5.58. The summed E-state index contributed by atoms with van der Waals surface area (Å²) in [6.07, 6.45) is 1.57. The van der Waals surface area contributed by atoms with Crippen LogP contribution in [0.3, 0.4) is 0 Å². The van der Waals surface area contributed by atoms with Crippen molar-refractivity contribution in [1.82, 2.24) is 0 Å². The smallest absolute Gasteiger partial charge is 0.169 e. The van der Waals surface area contributed by atoms with Crippen molar-refractivity contribution in [2.24, 2.45) is 5.16 Å². The van der Waals surface area contributed by atoms with Crippen LogP contribution < -0.4 is 14.2 Å². The predicted molar refractivity (Wildman–Crippen MR) is 85.1 cm³/mol. The first-order valence-corrected chi connectivity index (χ1v) is 7.01. The van der Waals surface area contributed by atoms with Crippen LogP contribution in [0.15, 0.2) is 53.7 Å². The van der Waals surface area contributed by atoms with Gasteiger partial charge in [0.2, 0.25) is 0 Å². The molecule has 5 heteroatoms. The number of hydrogen-bond donors (Lipinski definition) is 0. The number of oxime groups is 1. The summed E-state index contributed by atoms with van der Waals surface area (Å²) < 4.78 is 16.5. The number of methoxy groups -OCH3 is 1. The monoisotopic (exact) mass is 301 g/mol. The van der Waals surface area contributed by atoms with E-state index in [-0.39, 0.29) is 0 Å². The summed E-state index contributed by atoms with van der Waals surface area (Å²) in [4.78, 5) is 4.84. The Balaban J connectivity index is 1.91. The topological polar surface area (TPSA) is 49.3 Å². The SMILES string of the molecule is CCO/N=C/COc1ccc(Oc2ccccc2OC)cc1. The van der Waals surface area contributed by atoms with E-state index in [0.717, 1.165) is 5.75 Å². The summed E-state index contributed by atoms with van der Waals surface area (Å²) in [5, 5.41) is 3.71. The third-order valence-corrected chi connectivity index (χ3v) is 2.72. The van der Waals surface area contributed by atoms with Crippen molar-refractivity contribution in [1.29, 1.82) is 0 Å². The standard InChI is InChI=1S/C17H19NO4/c1-3-21-18-12-13-20-14-8-10-15(11-9-14)22-17-7-5-4-6-16(17)19-2/h4-12H,3,13H2,1-2H3/b18-12+. The van der Waals surface area contributed by atoms with E-state index in [1.807, 2.05) is 55.5 Å². The Labute approximate surface area is 130 Å². The van der Waals surface area contributed by atoms with Gasteiger partial charge in [-0.05, 0) is 43.3 Å². The highest BCUT2D eigenvalue weighted by Crippen LogP contribution is 2.31. The summed E-state index contributed by atoms with van der Waals surface area (Å²) in [5.41, 5.74) is 0. The van der Waals surface area contributed by atoms with Gasteiger partial charge in [0.25, 0.3) is 0 Å². The van der Waals surface area contributed by atoms with E-state index in [1.54, 1.807) is 13.3 Å². The zero-order valence-electron chi connectivity index (χ0n) is 12.7. The van der Waals surface area contributed by atoms with E-state index in [4.69, 9.17) is 19.0 Å². The van der Waals surface area contributed by atoms with Gasteiger partial charge in [0.05, 0.1) is 13.3 Å². The first kappa shape index (κ1) is 15.7. The Hall–Kier alpha value is -2.69. The number of hydrogen-bond acceptors (Lipinski definition) is 5. The van der Waals surface area contributed by atoms with Crippen molar-refractivity contribution in [3.05, 3.63) is 48.5 Å². The minimum Gasteiger partial charge on any atom is -0.493 e. The van der Waals surface area contributed by atoms with Crippen molar-refractivity contribution in [2.75, 3.05) is 20.3 Å². The average molecular weight is 301 g/mol. The number of ether oxygens (including phenoxy) is 3. The summed E-state index contributed by atoms with van der Waals surface area (Å²) in [6.45, 7) is 2.77. The summed E-state index contributed by atoms with van der Waals surface area (Å²) >= 11 is 0. The lowest BCUT2D eigenvalue weighted by atomic mass is 10.3. The van der Waals surface area contributed by atoms with Crippen molar-refractivity contribution in [3.63, 3.8) is 0 Å². The Morgan fingerprint density at radius 3 is 2.32 bits per heavy atom. The van der Waals surface area contributed by atoms with Gasteiger partial charge in [0, 0.05) is 0 Å². The lowest BCUT2D eigenvalue weighted by Crippen LogP contribution is -1.98. The van der Waals surface area contributed by atoms with Crippen LogP contribution in [0, 0.1) is 0 Å². The zero-order valence-corrected chi connectivity index (χ0v) is 12.7. The molecule has 0 aliphatic rings. The lowest BCUT2D eigenvalue weighted by molar-refractivity contribution is 0.158. The molecule has 2 aromatic rings. The van der Waals surface area contributed by atoms with Gasteiger partial charge < -0.3 is 19.0 Å². The molecule has 2 aromatic carbocycles. The second kappa shape index (κ2) is 8.56. The Bertz CT molecular complexity index is 596. The van der Waals surface area contributed by atoms with Gasteiger partial charge in [-0.3, -0.25) is 0 Å². The van der Waals surface area contributed by atoms with E-state index in [0.29, 0.717) is 30.5 Å². The van der Waals surface area contributed by atoms with Crippen LogP contribution in [-0.4, -0.2) is 26.5 Å². The fraction of sp³-hybridized carbons (Fsp3) is 0.235. The molecular weight excluding hydrogens is 282 g/mol. The van der Waals surface area contributed by atoms with Gasteiger partial charge in [-0.25, -0.2) is 0 Å². The highest BCUT2D eigenvalue weighted by Gasteiger charge is 2.04. The molecule has 0 spiro atoms. The van der Waals surface area contributed by atoms with Gasteiger partial charge in [0.1, 0.15) is 24.7 Å². The van der Waals surface area contributed by atoms with Crippen LogP contribution in [0.2, 0.25) is 0 Å². The quantitative estimate of drug-likeness (QED) is 0.548. The molecule has 0 atom stereocenters. The van der Waals surface area contributed by atoms with E-state index in [9.17, 15) is 0 Å². The third-order valence-electron chi connectivity index (χ3n) is 2.72. The Kier molecular flexibility index (Phi) is 6.11. The molecule has 0 N–H and O–H groups in total. The van der Waals surface area contributed by atoms with Crippen LogP contribution in [0.25, 0.3) is 0 Å². The second-order valence-corrected chi connectivity index (χ2v) is 4.24. The van der Waals surface area contributed by atoms with Crippen LogP contribution in [0.5, 0.6) is 23.0 Å². The van der Waals surface area contributed by atoms with Gasteiger partial charge in [-0.2, -0.15) is 0 Å². The van der Waals surface area contributed by atoms with E-state index in [1.165, 1.54) is 0 Å². The zero-order chi connectivity index (χ0) is 15.6. The van der Waals surface area contributed by atoms with E-state index >= 15 is 0 Å². The first-order chi connectivity index (χ1) is 10.8. The molecule has 0 amide bonds. The number of nitrogens with zero attached hydrogens (tertiary/aromatic N) is 1. The molecule has 116 valence electrons. The molecule has 0 saturated carbocycles. The van der Waals surface area contributed by atoms with Crippen molar-refractivity contribution in [3.8, 4) is 23.0 Å². The normalized spacial score (nSPS) is 10.5. The van der Waals surface area contributed by atoms with Gasteiger partial charge in [-0.15, -0.1) is 0 Å². The highest BCUT2D eigenvalue weighted by atomic mass is 16.6. The van der Waals surface area contributed by atoms with Crippen LogP contribution >= 0.6 is 0 Å². The fourth-order valence-electron chi connectivity index (χ4n) is 1.73. The van der Waals surface area contributed by atoms with Gasteiger partial charge in [0.15, 0.2) is 11.5 Å². The largest absolute Gasteiger partial charge is 0.493 e. The van der Waals surface area contributed by atoms with E-state index < -0.39 is 0 Å². The molecule has 0 heterocycles. The van der Waals surface area contributed by atoms with Crippen molar-refractivity contribution < 1.29 is 19.0 Å². The van der Waals surface area contributed by atoms with E-state index in [2.05, 4.69) is 5.16 Å². The molecule has 2 rings (SSSR count). The lowest BCUT2D eigenvalue weighted by Gasteiger charge is -2.10. The molecule has 0 bridgehead atoms. The number of rotatable bonds is 8. The van der Waals surface area contributed by atoms with Crippen LogP contribution in [-0.2, 0) is 4.84 Å². The maximum absolute atomic E-state index is 5.79. The molecule has 5 nitrogen and oxygen atoms in total. The van der Waals surface area contributed by atoms with Crippen molar-refractivity contribution in [2.45, 2.75) is 6.92 Å². The Morgan fingerprint density at radius 1 is 0.955 bits per heavy atom. The minimum atomic E-state index is 0.354. The Morgan fingerprint density at radius 2 is 1.64 bits per heavy atom. The van der Waals surface area contributed by atoms with Crippen molar-refractivity contribution >= 4 is 6.21 Å². The number of para-hydroxylation sites is 2. The van der Waals surface area contributed by atoms with Gasteiger partial charge >= 0.3 is 0 Å². The summed E-state index contributed by atoms with van der Waals surface area (Å²) in [5.74, 6) is 2.80. The first-order valence-electron chi connectivity index (χ1n) is 7.01. The maximum Gasteiger partial charge on any atom is 0.169 e. The van der Waals surface area contributed by atoms with Crippen LogP contribution in [0.4, 0.5) is 0 Å². The number of benzene rings is 2. The summed E-state index contributed by atoms with van der Waals surface area (Å²) in [7, 11) is 1.61.